The fraction of sp³-hybridized carbons (Fsp3) is 0.200. The van der Waals surface area contributed by atoms with Crippen LogP contribution in [0.2, 0.25) is 5.15 Å². The quantitative estimate of drug-likeness (QED) is 0.862. The number of carbonyl (C=O) groups excluding carboxylic acids is 1. The predicted octanol–water partition coefficient (Wildman–Crippen LogP) is 2.73. The average molecular weight is 307 g/mol. The van der Waals surface area contributed by atoms with Crippen LogP contribution in [0.1, 0.15) is 21.6 Å². The topological polar surface area (TPSA) is 74.4 Å². The molecule has 1 aromatic carbocycles. The second kappa shape index (κ2) is 6.45. The first kappa shape index (κ1) is 15.1. The summed E-state index contributed by atoms with van der Waals surface area (Å²) in [5.41, 5.74) is 6.97. The Labute approximate surface area is 127 Å². The van der Waals surface area contributed by atoms with Crippen molar-refractivity contribution in [2.75, 3.05) is 7.11 Å². The highest BCUT2D eigenvalue weighted by Crippen LogP contribution is 2.25. The fourth-order valence-corrected chi connectivity index (χ4v) is 2.13. The van der Waals surface area contributed by atoms with Gasteiger partial charge in [0.2, 0.25) is 0 Å². The summed E-state index contributed by atoms with van der Waals surface area (Å²) >= 11 is 5.89. The molecule has 0 saturated carbocycles. The lowest BCUT2D eigenvalue weighted by atomic mass is 10.1. The largest absolute Gasteiger partial charge is 0.497 e. The highest BCUT2D eigenvalue weighted by atomic mass is 35.5. The van der Waals surface area contributed by atoms with Gasteiger partial charge in [-0.15, -0.1) is 0 Å². The number of amides is 1. The number of carbonyl (C=O) groups is 1. The zero-order valence-electron chi connectivity index (χ0n) is 11.7. The van der Waals surface area contributed by atoms with Crippen LogP contribution in [0.15, 0.2) is 30.3 Å². The number of primary amides is 1. The molecule has 0 aliphatic heterocycles. The first-order valence-corrected chi connectivity index (χ1v) is 6.61. The summed E-state index contributed by atoms with van der Waals surface area (Å²) in [6, 6.07) is 8.89. The molecule has 0 bridgehead atoms. The van der Waals surface area contributed by atoms with Gasteiger partial charge < -0.3 is 15.2 Å². The molecule has 5 nitrogen and oxygen atoms in total. The summed E-state index contributed by atoms with van der Waals surface area (Å²) in [6.45, 7) is 1.94. The van der Waals surface area contributed by atoms with E-state index in [-0.39, 0.29) is 17.3 Å². The van der Waals surface area contributed by atoms with E-state index in [1.807, 2.05) is 24.3 Å². The second-order valence-electron chi connectivity index (χ2n) is 4.40. The molecular formula is C15H15ClN2O3. The van der Waals surface area contributed by atoms with E-state index in [1.54, 1.807) is 14.0 Å². The Balaban J connectivity index is 2.20. The van der Waals surface area contributed by atoms with Gasteiger partial charge in [-0.3, -0.25) is 4.79 Å². The smallest absolute Gasteiger partial charge is 0.254 e. The van der Waals surface area contributed by atoms with Crippen LogP contribution in [-0.4, -0.2) is 18.0 Å². The van der Waals surface area contributed by atoms with Crippen molar-refractivity contribution in [2.45, 2.75) is 13.5 Å². The number of ether oxygens (including phenoxy) is 2. The van der Waals surface area contributed by atoms with Gasteiger partial charge in [0, 0.05) is 6.07 Å². The number of methoxy groups -OCH3 is 1. The molecule has 0 unspecified atom stereocenters. The number of pyridine rings is 1. The van der Waals surface area contributed by atoms with E-state index < -0.39 is 5.91 Å². The first-order chi connectivity index (χ1) is 10.0. The molecule has 0 saturated heterocycles. The van der Waals surface area contributed by atoms with Crippen molar-refractivity contribution >= 4 is 17.5 Å². The third-order valence-corrected chi connectivity index (χ3v) is 3.13. The van der Waals surface area contributed by atoms with E-state index in [9.17, 15) is 4.79 Å². The van der Waals surface area contributed by atoms with Crippen molar-refractivity contribution < 1.29 is 14.3 Å². The summed E-state index contributed by atoms with van der Waals surface area (Å²) in [7, 11) is 1.60. The third-order valence-electron chi connectivity index (χ3n) is 2.93. The number of hydrogen-bond donors (Lipinski definition) is 1. The maximum atomic E-state index is 11.5. The van der Waals surface area contributed by atoms with Crippen molar-refractivity contribution in [3.63, 3.8) is 0 Å². The number of nitrogens with zero attached hydrogens (tertiary/aromatic N) is 1. The van der Waals surface area contributed by atoms with Crippen LogP contribution in [0.4, 0.5) is 0 Å². The van der Waals surface area contributed by atoms with Crippen LogP contribution in [0.3, 0.4) is 0 Å². The number of rotatable bonds is 5. The van der Waals surface area contributed by atoms with Gasteiger partial charge in [-0.2, -0.15) is 0 Å². The number of hydrogen-bond acceptors (Lipinski definition) is 4. The van der Waals surface area contributed by atoms with Crippen LogP contribution in [0, 0.1) is 6.92 Å². The monoisotopic (exact) mass is 306 g/mol. The Bertz CT molecular complexity index is 657. The predicted molar refractivity (Wildman–Crippen MR) is 79.8 cm³/mol. The van der Waals surface area contributed by atoms with Gasteiger partial charge in [-0.1, -0.05) is 23.7 Å². The Morgan fingerprint density at radius 3 is 2.57 bits per heavy atom. The molecule has 0 aliphatic rings. The number of aryl methyl sites for hydroxylation is 1. The average Bonchev–Trinajstić information content (AvgIpc) is 2.44. The lowest BCUT2D eigenvalue weighted by Crippen LogP contribution is -2.16. The van der Waals surface area contributed by atoms with Crippen LogP contribution in [0.25, 0.3) is 0 Å². The Morgan fingerprint density at radius 2 is 2.00 bits per heavy atom. The van der Waals surface area contributed by atoms with E-state index >= 15 is 0 Å². The van der Waals surface area contributed by atoms with Crippen LogP contribution < -0.4 is 15.2 Å². The molecule has 6 heteroatoms. The highest BCUT2D eigenvalue weighted by Gasteiger charge is 2.15. The minimum absolute atomic E-state index is 0.243. The zero-order chi connectivity index (χ0) is 15.4. The molecule has 0 fully saturated rings. The minimum atomic E-state index is -0.596. The molecule has 2 aromatic rings. The van der Waals surface area contributed by atoms with Gasteiger partial charge in [0.25, 0.3) is 5.91 Å². The summed E-state index contributed by atoms with van der Waals surface area (Å²) in [4.78, 5) is 15.5. The molecule has 0 aliphatic carbocycles. The van der Waals surface area contributed by atoms with E-state index in [4.69, 9.17) is 26.8 Å². The second-order valence-corrected chi connectivity index (χ2v) is 4.79. The number of aromatic nitrogens is 1. The molecule has 1 heterocycles. The molecular weight excluding hydrogens is 292 g/mol. The number of benzene rings is 1. The molecule has 1 aromatic heterocycles. The standard InChI is InChI=1S/C15H15ClN2O3/c1-9-14(15(17)19)12(7-13(16)18-9)21-8-10-3-5-11(20-2)6-4-10/h3-7H,8H2,1-2H3,(H2,17,19). The van der Waals surface area contributed by atoms with Crippen molar-refractivity contribution in [3.8, 4) is 11.5 Å². The molecule has 110 valence electrons. The van der Waals surface area contributed by atoms with Crippen molar-refractivity contribution in [1.82, 2.24) is 4.98 Å². The van der Waals surface area contributed by atoms with Crippen molar-refractivity contribution in [1.29, 1.82) is 0 Å². The van der Waals surface area contributed by atoms with Crippen molar-refractivity contribution in [2.24, 2.45) is 5.73 Å². The Hall–Kier alpha value is -2.27. The number of halogens is 1. The van der Waals surface area contributed by atoms with Gasteiger partial charge in [0.1, 0.15) is 28.8 Å². The fourth-order valence-electron chi connectivity index (χ4n) is 1.90. The maximum Gasteiger partial charge on any atom is 0.254 e. The van der Waals surface area contributed by atoms with E-state index in [1.165, 1.54) is 6.07 Å². The van der Waals surface area contributed by atoms with Gasteiger partial charge >= 0.3 is 0 Å². The van der Waals surface area contributed by atoms with Gasteiger partial charge in [-0.25, -0.2) is 4.98 Å². The molecule has 1 amide bonds. The minimum Gasteiger partial charge on any atom is -0.497 e. The summed E-state index contributed by atoms with van der Waals surface area (Å²) in [5.74, 6) is 0.497. The zero-order valence-corrected chi connectivity index (χ0v) is 12.5. The van der Waals surface area contributed by atoms with Gasteiger partial charge in [0.05, 0.1) is 12.8 Å². The normalized spacial score (nSPS) is 10.2. The Morgan fingerprint density at radius 1 is 1.33 bits per heavy atom. The van der Waals surface area contributed by atoms with E-state index in [0.717, 1.165) is 11.3 Å². The summed E-state index contributed by atoms with van der Waals surface area (Å²) in [6.07, 6.45) is 0. The summed E-state index contributed by atoms with van der Waals surface area (Å²) < 4.78 is 10.7. The molecule has 2 rings (SSSR count). The molecule has 0 spiro atoms. The lowest BCUT2D eigenvalue weighted by molar-refractivity contribution is 0.0995. The summed E-state index contributed by atoms with van der Waals surface area (Å²) in [5, 5.41) is 0.252. The van der Waals surface area contributed by atoms with Gasteiger partial charge in [-0.05, 0) is 24.6 Å². The van der Waals surface area contributed by atoms with Gasteiger partial charge in [0.15, 0.2) is 0 Å². The molecule has 0 atom stereocenters. The number of nitrogens with two attached hydrogens (primary N) is 1. The first-order valence-electron chi connectivity index (χ1n) is 6.24. The van der Waals surface area contributed by atoms with Crippen LogP contribution in [0.5, 0.6) is 11.5 Å². The molecule has 21 heavy (non-hydrogen) atoms. The highest BCUT2D eigenvalue weighted by molar-refractivity contribution is 6.29. The molecule has 0 radical (unpaired) electrons. The SMILES string of the molecule is COc1ccc(COc2cc(Cl)nc(C)c2C(N)=O)cc1. The maximum absolute atomic E-state index is 11.5. The molecule has 2 N–H and O–H groups in total. The third kappa shape index (κ3) is 3.64. The van der Waals surface area contributed by atoms with E-state index in [2.05, 4.69) is 4.98 Å². The Kier molecular flexibility index (Phi) is 4.65. The van der Waals surface area contributed by atoms with E-state index in [0.29, 0.717) is 11.4 Å². The lowest BCUT2D eigenvalue weighted by Gasteiger charge is -2.12. The van der Waals surface area contributed by atoms with Crippen LogP contribution in [-0.2, 0) is 6.61 Å². The van der Waals surface area contributed by atoms with Crippen molar-refractivity contribution in [3.05, 3.63) is 52.3 Å². The van der Waals surface area contributed by atoms with Crippen LogP contribution >= 0.6 is 11.6 Å².